The van der Waals surface area contributed by atoms with Gasteiger partial charge in [-0.15, -0.1) is 0 Å². The van der Waals surface area contributed by atoms with E-state index in [0.717, 1.165) is 11.1 Å². The zero-order valence-electron chi connectivity index (χ0n) is 8.58. The minimum atomic E-state index is 0.143. The van der Waals surface area contributed by atoms with Gasteiger partial charge >= 0.3 is 0 Å². The Balaban J connectivity index is 2.92. The number of hydrogen-bond acceptors (Lipinski definition) is 3. The zero-order valence-corrected chi connectivity index (χ0v) is 8.58. The van der Waals surface area contributed by atoms with Crippen molar-refractivity contribution in [3.8, 4) is 11.5 Å². The molecule has 0 amide bonds. The first-order chi connectivity index (χ1) is 6.70. The number of benzene rings is 1. The minimum absolute atomic E-state index is 0.143. The van der Waals surface area contributed by atoms with Crippen molar-refractivity contribution in [3.63, 3.8) is 0 Å². The summed E-state index contributed by atoms with van der Waals surface area (Å²) in [4.78, 5) is 0. The van der Waals surface area contributed by atoms with E-state index in [9.17, 15) is 5.11 Å². The summed E-state index contributed by atoms with van der Waals surface area (Å²) in [6.45, 7) is 1.96. The van der Waals surface area contributed by atoms with Gasteiger partial charge in [-0.2, -0.15) is 0 Å². The van der Waals surface area contributed by atoms with Crippen molar-refractivity contribution in [1.29, 1.82) is 0 Å². The number of ether oxygens (including phenoxy) is 1. The number of rotatable bonds is 4. The maximum atomic E-state index is 9.77. The standard InChI is InChI=1S/C11H16O3/c1-8-10(14-2)6-5-9(11(8)13)4-3-7-12/h5-6,12-13H,3-4,7H2,1-2H3. The van der Waals surface area contributed by atoms with Crippen LogP contribution in [0.1, 0.15) is 17.5 Å². The number of aryl methyl sites for hydroxylation is 1. The Morgan fingerprint density at radius 3 is 2.64 bits per heavy atom. The quantitative estimate of drug-likeness (QED) is 0.769. The molecule has 0 saturated carbocycles. The number of phenolic OH excluding ortho intramolecular Hbond substituents is 1. The summed E-state index contributed by atoms with van der Waals surface area (Å²) < 4.78 is 5.08. The molecular weight excluding hydrogens is 180 g/mol. The fourth-order valence-corrected chi connectivity index (χ4v) is 1.43. The van der Waals surface area contributed by atoms with E-state index < -0.39 is 0 Å². The third-order valence-electron chi connectivity index (χ3n) is 2.29. The van der Waals surface area contributed by atoms with Crippen molar-refractivity contribution in [1.82, 2.24) is 0 Å². The Labute approximate surface area is 84.0 Å². The Morgan fingerprint density at radius 1 is 1.36 bits per heavy atom. The SMILES string of the molecule is COc1ccc(CCCO)c(O)c1C. The molecule has 3 nitrogen and oxygen atoms in total. The maximum Gasteiger partial charge on any atom is 0.125 e. The molecule has 1 rings (SSSR count). The Hall–Kier alpha value is -1.22. The van der Waals surface area contributed by atoms with Crippen LogP contribution in [0.25, 0.3) is 0 Å². The van der Waals surface area contributed by atoms with Crippen LogP contribution >= 0.6 is 0 Å². The van der Waals surface area contributed by atoms with E-state index in [4.69, 9.17) is 9.84 Å². The van der Waals surface area contributed by atoms with Crippen LogP contribution in [0.3, 0.4) is 0 Å². The number of aromatic hydroxyl groups is 1. The van der Waals surface area contributed by atoms with Crippen molar-refractivity contribution in [2.45, 2.75) is 19.8 Å². The van der Waals surface area contributed by atoms with Crippen molar-refractivity contribution in [2.24, 2.45) is 0 Å². The molecule has 0 bridgehead atoms. The highest BCUT2D eigenvalue weighted by Crippen LogP contribution is 2.30. The Kier molecular flexibility index (Phi) is 3.77. The fraction of sp³-hybridized carbons (Fsp3) is 0.455. The molecule has 0 heterocycles. The lowest BCUT2D eigenvalue weighted by molar-refractivity contribution is 0.288. The molecule has 0 radical (unpaired) electrons. The van der Waals surface area contributed by atoms with Gasteiger partial charge < -0.3 is 14.9 Å². The lowest BCUT2D eigenvalue weighted by Gasteiger charge is -2.10. The summed E-state index contributed by atoms with van der Waals surface area (Å²) in [6, 6.07) is 3.67. The Morgan fingerprint density at radius 2 is 2.07 bits per heavy atom. The molecule has 0 aromatic heterocycles. The maximum absolute atomic E-state index is 9.77. The zero-order chi connectivity index (χ0) is 10.6. The number of methoxy groups -OCH3 is 1. The van der Waals surface area contributed by atoms with Gasteiger partial charge in [-0.3, -0.25) is 0 Å². The lowest BCUT2D eigenvalue weighted by atomic mass is 10.0. The molecule has 0 saturated heterocycles. The summed E-state index contributed by atoms with van der Waals surface area (Å²) in [6.07, 6.45) is 1.35. The highest BCUT2D eigenvalue weighted by molar-refractivity contribution is 5.48. The van der Waals surface area contributed by atoms with E-state index in [0.29, 0.717) is 18.6 Å². The van der Waals surface area contributed by atoms with Crippen LogP contribution in [-0.2, 0) is 6.42 Å². The number of aliphatic hydroxyl groups excluding tert-OH is 1. The number of hydrogen-bond donors (Lipinski definition) is 2. The smallest absolute Gasteiger partial charge is 0.125 e. The highest BCUT2D eigenvalue weighted by Gasteiger charge is 2.08. The highest BCUT2D eigenvalue weighted by atomic mass is 16.5. The monoisotopic (exact) mass is 196 g/mol. The molecule has 0 aliphatic heterocycles. The summed E-state index contributed by atoms with van der Waals surface area (Å²) in [7, 11) is 1.58. The summed E-state index contributed by atoms with van der Waals surface area (Å²) in [5, 5.41) is 18.5. The molecule has 3 heteroatoms. The third-order valence-corrected chi connectivity index (χ3v) is 2.29. The second-order valence-electron chi connectivity index (χ2n) is 3.23. The van der Waals surface area contributed by atoms with Crippen LogP contribution < -0.4 is 4.74 Å². The molecular formula is C11H16O3. The molecule has 0 atom stereocenters. The van der Waals surface area contributed by atoms with Crippen LogP contribution in [0, 0.1) is 6.92 Å². The molecule has 2 N–H and O–H groups in total. The van der Waals surface area contributed by atoms with Gasteiger partial charge in [0, 0.05) is 12.2 Å². The molecule has 0 unspecified atom stereocenters. The van der Waals surface area contributed by atoms with Gasteiger partial charge in [0.05, 0.1) is 7.11 Å². The second-order valence-corrected chi connectivity index (χ2v) is 3.23. The topological polar surface area (TPSA) is 49.7 Å². The van der Waals surface area contributed by atoms with Gasteiger partial charge in [0.25, 0.3) is 0 Å². The predicted molar refractivity (Wildman–Crippen MR) is 54.8 cm³/mol. The largest absolute Gasteiger partial charge is 0.507 e. The first-order valence-corrected chi connectivity index (χ1v) is 4.67. The summed E-state index contributed by atoms with van der Waals surface area (Å²) in [5.41, 5.74) is 1.61. The van der Waals surface area contributed by atoms with E-state index in [2.05, 4.69) is 0 Å². The lowest BCUT2D eigenvalue weighted by Crippen LogP contribution is -1.94. The molecule has 0 aliphatic carbocycles. The van der Waals surface area contributed by atoms with E-state index >= 15 is 0 Å². The number of aliphatic hydroxyl groups is 1. The van der Waals surface area contributed by atoms with Gasteiger partial charge in [-0.1, -0.05) is 6.07 Å². The van der Waals surface area contributed by atoms with Crippen LogP contribution in [0.5, 0.6) is 11.5 Å². The first kappa shape index (κ1) is 10.9. The van der Waals surface area contributed by atoms with Gasteiger partial charge in [-0.25, -0.2) is 0 Å². The van der Waals surface area contributed by atoms with Crippen molar-refractivity contribution < 1.29 is 14.9 Å². The molecule has 78 valence electrons. The molecule has 0 spiro atoms. The van der Waals surface area contributed by atoms with E-state index in [1.54, 1.807) is 7.11 Å². The van der Waals surface area contributed by atoms with Crippen molar-refractivity contribution >= 4 is 0 Å². The minimum Gasteiger partial charge on any atom is -0.507 e. The van der Waals surface area contributed by atoms with E-state index in [1.165, 1.54) is 0 Å². The third kappa shape index (κ3) is 2.17. The molecule has 1 aromatic carbocycles. The van der Waals surface area contributed by atoms with Crippen molar-refractivity contribution in [3.05, 3.63) is 23.3 Å². The van der Waals surface area contributed by atoms with E-state index in [-0.39, 0.29) is 12.4 Å². The predicted octanol–water partition coefficient (Wildman–Crippen LogP) is 1.63. The van der Waals surface area contributed by atoms with Crippen LogP contribution in [0.15, 0.2) is 12.1 Å². The van der Waals surface area contributed by atoms with Crippen LogP contribution in [0.4, 0.5) is 0 Å². The molecule has 0 fully saturated rings. The van der Waals surface area contributed by atoms with E-state index in [1.807, 2.05) is 19.1 Å². The Bertz CT molecular complexity index is 308. The van der Waals surface area contributed by atoms with Gasteiger partial charge in [-0.05, 0) is 31.4 Å². The van der Waals surface area contributed by atoms with Gasteiger partial charge in [0.15, 0.2) is 0 Å². The average Bonchev–Trinajstić information content (AvgIpc) is 2.20. The summed E-state index contributed by atoms with van der Waals surface area (Å²) in [5.74, 6) is 0.966. The normalized spacial score (nSPS) is 10.2. The number of phenols is 1. The molecule has 14 heavy (non-hydrogen) atoms. The molecule has 0 aliphatic rings. The second kappa shape index (κ2) is 4.86. The molecule has 1 aromatic rings. The van der Waals surface area contributed by atoms with Crippen molar-refractivity contribution in [2.75, 3.05) is 13.7 Å². The average molecular weight is 196 g/mol. The van der Waals surface area contributed by atoms with Gasteiger partial charge in [0.2, 0.25) is 0 Å². The van der Waals surface area contributed by atoms with Crippen LogP contribution in [-0.4, -0.2) is 23.9 Å². The first-order valence-electron chi connectivity index (χ1n) is 4.67. The van der Waals surface area contributed by atoms with Gasteiger partial charge in [0.1, 0.15) is 11.5 Å². The summed E-state index contributed by atoms with van der Waals surface area (Å²) >= 11 is 0. The fourth-order valence-electron chi connectivity index (χ4n) is 1.43. The van der Waals surface area contributed by atoms with Crippen LogP contribution in [0.2, 0.25) is 0 Å².